The molecule has 0 aliphatic heterocycles. The first-order chi connectivity index (χ1) is 13.0. The van der Waals surface area contributed by atoms with Crippen molar-refractivity contribution < 1.29 is 4.79 Å². The number of nitrogens with zero attached hydrogens (tertiary/aromatic N) is 4. The normalized spacial score (nSPS) is 11.0. The fraction of sp³-hybridized carbons (Fsp3) is 0.316. The highest BCUT2D eigenvalue weighted by atomic mass is 79.9. The third-order valence-electron chi connectivity index (χ3n) is 4.08. The third kappa shape index (κ3) is 5.00. The maximum absolute atomic E-state index is 12.5. The van der Waals surface area contributed by atoms with Gasteiger partial charge in [-0.25, -0.2) is 0 Å². The topological polar surface area (TPSA) is 51.0 Å². The van der Waals surface area contributed by atoms with Crippen LogP contribution in [0, 0.1) is 6.92 Å². The summed E-state index contributed by atoms with van der Waals surface area (Å²) >= 11 is 6.54. The molecule has 5 nitrogen and oxygen atoms in total. The molecule has 0 spiro atoms. The standard InChI is InChI=1S/C19H21BrN4OS2/c1-4-24-18(14-7-5-6-13(2)10-14)21-22-19(24)26-12-17(25)23(3)11-15-8-9-16(20)27-15/h5-10H,4,11-12H2,1-3H3. The molecule has 1 aromatic carbocycles. The highest BCUT2D eigenvalue weighted by Gasteiger charge is 2.16. The molecule has 0 aliphatic carbocycles. The summed E-state index contributed by atoms with van der Waals surface area (Å²) in [6, 6.07) is 12.3. The number of hydrogen-bond acceptors (Lipinski definition) is 5. The predicted molar refractivity (Wildman–Crippen MR) is 115 cm³/mol. The molecule has 0 unspecified atom stereocenters. The first kappa shape index (κ1) is 20.1. The molecule has 8 heteroatoms. The van der Waals surface area contributed by atoms with Crippen molar-refractivity contribution in [3.05, 3.63) is 50.6 Å². The summed E-state index contributed by atoms with van der Waals surface area (Å²) in [5, 5.41) is 9.44. The Hall–Kier alpha value is -1.64. The van der Waals surface area contributed by atoms with Gasteiger partial charge in [0, 0.05) is 24.0 Å². The molecule has 27 heavy (non-hydrogen) atoms. The van der Waals surface area contributed by atoms with Crippen LogP contribution in [-0.2, 0) is 17.9 Å². The maximum Gasteiger partial charge on any atom is 0.233 e. The molecule has 1 amide bonds. The van der Waals surface area contributed by atoms with E-state index in [0.717, 1.165) is 31.8 Å². The van der Waals surface area contributed by atoms with Crippen LogP contribution in [0.2, 0.25) is 0 Å². The van der Waals surface area contributed by atoms with Crippen molar-refractivity contribution in [2.45, 2.75) is 32.1 Å². The zero-order valence-corrected chi connectivity index (χ0v) is 18.7. The van der Waals surface area contributed by atoms with E-state index < -0.39 is 0 Å². The minimum atomic E-state index is 0.0762. The maximum atomic E-state index is 12.5. The highest BCUT2D eigenvalue weighted by molar-refractivity contribution is 9.11. The lowest BCUT2D eigenvalue weighted by Gasteiger charge is -2.16. The first-order valence-electron chi connectivity index (χ1n) is 8.59. The van der Waals surface area contributed by atoms with Crippen molar-refractivity contribution >= 4 is 44.9 Å². The number of rotatable bonds is 7. The molecular formula is C19H21BrN4OS2. The van der Waals surface area contributed by atoms with Crippen LogP contribution in [0.1, 0.15) is 17.4 Å². The first-order valence-corrected chi connectivity index (χ1v) is 11.2. The smallest absolute Gasteiger partial charge is 0.233 e. The number of aromatic nitrogens is 3. The number of thioether (sulfide) groups is 1. The number of aryl methyl sites for hydroxylation is 1. The van der Waals surface area contributed by atoms with Gasteiger partial charge in [0.2, 0.25) is 5.91 Å². The van der Waals surface area contributed by atoms with E-state index in [0.29, 0.717) is 12.3 Å². The third-order valence-corrected chi connectivity index (χ3v) is 6.64. The van der Waals surface area contributed by atoms with Crippen LogP contribution in [0.5, 0.6) is 0 Å². The number of benzene rings is 1. The Kier molecular flexibility index (Phi) is 6.73. The summed E-state index contributed by atoms with van der Waals surface area (Å²) in [7, 11) is 1.83. The fourth-order valence-corrected chi connectivity index (χ4v) is 5.15. The molecule has 0 saturated heterocycles. The molecular weight excluding hydrogens is 444 g/mol. The highest BCUT2D eigenvalue weighted by Crippen LogP contribution is 2.26. The number of thiophene rings is 1. The van der Waals surface area contributed by atoms with Crippen LogP contribution < -0.4 is 0 Å². The lowest BCUT2D eigenvalue weighted by atomic mass is 10.1. The van der Waals surface area contributed by atoms with Crippen LogP contribution in [0.15, 0.2) is 45.3 Å². The quantitative estimate of drug-likeness (QED) is 0.469. The van der Waals surface area contributed by atoms with Crippen LogP contribution in [-0.4, -0.2) is 38.4 Å². The Morgan fingerprint density at radius 3 is 2.78 bits per heavy atom. The van der Waals surface area contributed by atoms with Gasteiger partial charge in [-0.05, 0) is 48.0 Å². The van der Waals surface area contributed by atoms with Gasteiger partial charge in [0.1, 0.15) is 0 Å². The molecule has 0 bridgehead atoms. The van der Waals surface area contributed by atoms with Crippen molar-refractivity contribution in [2.75, 3.05) is 12.8 Å². The van der Waals surface area contributed by atoms with Crippen LogP contribution >= 0.6 is 39.0 Å². The number of halogens is 1. The Morgan fingerprint density at radius 1 is 1.30 bits per heavy atom. The van der Waals surface area contributed by atoms with Crippen LogP contribution in [0.25, 0.3) is 11.4 Å². The summed E-state index contributed by atoms with van der Waals surface area (Å²) in [5.41, 5.74) is 2.23. The van der Waals surface area contributed by atoms with E-state index in [4.69, 9.17) is 0 Å². The van der Waals surface area contributed by atoms with Gasteiger partial charge in [0.05, 0.1) is 16.1 Å². The van der Waals surface area contributed by atoms with Gasteiger partial charge in [-0.15, -0.1) is 21.5 Å². The van der Waals surface area contributed by atoms with Crippen molar-refractivity contribution in [1.82, 2.24) is 19.7 Å². The SMILES string of the molecule is CCn1c(SCC(=O)N(C)Cc2ccc(Br)s2)nnc1-c1cccc(C)c1. The van der Waals surface area contributed by atoms with E-state index in [9.17, 15) is 4.79 Å². The van der Waals surface area contributed by atoms with Gasteiger partial charge in [-0.3, -0.25) is 4.79 Å². The molecule has 0 radical (unpaired) electrons. The molecule has 0 aliphatic rings. The summed E-state index contributed by atoms with van der Waals surface area (Å²) in [5.74, 6) is 1.26. The minimum absolute atomic E-state index is 0.0762. The summed E-state index contributed by atoms with van der Waals surface area (Å²) in [6.45, 7) is 5.50. The summed E-state index contributed by atoms with van der Waals surface area (Å²) < 4.78 is 3.13. The number of carbonyl (C=O) groups excluding carboxylic acids is 1. The molecule has 0 saturated carbocycles. The Labute approximate surface area is 175 Å². The van der Waals surface area contributed by atoms with Gasteiger partial charge in [-0.1, -0.05) is 35.5 Å². The predicted octanol–water partition coefficient (Wildman–Crippen LogP) is 4.85. The average Bonchev–Trinajstić information content (AvgIpc) is 3.25. The van der Waals surface area contributed by atoms with E-state index in [2.05, 4.69) is 56.7 Å². The second-order valence-electron chi connectivity index (χ2n) is 6.16. The monoisotopic (exact) mass is 464 g/mol. The zero-order valence-electron chi connectivity index (χ0n) is 15.5. The number of carbonyl (C=O) groups is 1. The molecule has 2 aromatic heterocycles. The van der Waals surface area contributed by atoms with E-state index in [-0.39, 0.29) is 5.91 Å². The summed E-state index contributed by atoms with van der Waals surface area (Å²) in [6.07, 6.45) is 0. The van der Waals surface area contributed by atoms with Crippen molar-refractivity contribution in [1.29, 1.82) is 0 Å². The van der Waals surface area contributed by atoms with Crippen molar-refractivity contribution in [3.63, 3.8) is 0 Å². The lowest BCUT2D eigenvalue weighted by molar-refractivity contribution is -0.127. The molecule has 3 rings (SSSR count). The van der Waals surface area contributed by atoms with Gasteiger partial charge >= 0.3 is 0 Å². The van der Waals surface area contributed by atoms with E-state index in [1.807, 2.05) is 31.3 Å². The fourth-order valence-electron chi connectivity index (χ4n) is 2.67. The van der Waals surface area contributed by atoms with Gasteiger partial charge < -0.3 is 9.47 Å². The number of hydrogen-bond donors (Lipinski definition) is 0. The number of amides is 1. The second kappa shape index (κ2) is 9.03. The minimum Gasteiger partial charge on any atom is -0.340 e. The van der Waals surface area contributed by atoms with Crippen molar-refractivity contribution in [2.24, 2.45) is 0 Å². The Balaban J connectivity index is 1.66. The second-order valence-corrected chi connectivity index (χ2v) is 9.65. The molecule has 0 fully saturated rings. The largest absolute Gasteiger partial charge is 0.340 e. The average molecular weight is 465 g/mol. The molecule has 0 atom stereocenters. The Bertz CT molecular complexity index is 937. The molecule has 3 aromatic rings. The van der Waals surface area contributed by atoms with E-state index in [1.165, 1.54) is 17.3 Å². The van der Waals surface area contributed by atoms with E-state index >= 15 is 0 Å². The molecule has 2 heterocycles. The van der Waals surface area contributed by atoms with Gasteiger partial charge in [-0.2, -0.15) is 0 Å². The van der Waals surface area contributed by atoms with E-state index in [1.54, 1.807) is 16.2 Å². The molecule has 0 N–H and O–H groups in total. The lowest BCUT2D eigenvalue weighted by Crippen LogP contribution is -2.27. The van der Waals surface area contributed by atoms with Crippen molar-refractivity contribution in [3.8, 4) is 11.4 Å². The van der Waals surface area contributed by atoms with Crippen LogP contribution in [0.4, 0.5) is 0 Å². The van der Waals surface area contributed by atoms with Gasteiger partial charge in [0.25, 0.3) is 0 Å². The summed E-state index contributed by atoms with van der Waals surface area (Å²) in [4.78, 5) is 15.4. The van der Waals surface area contributed by atoms with Crippen LogP contribution in [0.3, 0.4) is 0 Å². The molecule has 142 valence electrons. The zero-order chi connectivity index (χ0) is 19.4. The Morgan fingerprint density at radius 2 is 2.11 bits per heavy atom. The van der Waals surface area contributed by atoms with Gasteiger partial charge in [0.15, 0.2) is 11.0 Å².